The average molecular weight is 245 g/mol. The number of anilines is 1. The van der Waals surface area contributed by atoms with E-state index in [1.54, 1.807) is 7.11 Å². The molecular formula is C14H19N3O. The van der Waals surface area contributed by atoms with Gasteiger partial charge in [0.15, 0.2) is 0 Å². The average Bonchev–Trinajstić information content (AvgIpc) is 2.81. The molecule has 18 heavy (non-hydrogen) atoms. The number of hydrogen-bond donors (Lipinski definition) is 2. The second kappa shape index (κ2) is 4.72. The molecule has 0 fully saturated rings. The SMILES string of the molecule is CNc1cc(-c2c(C)cc(C)c(C)c2OC)[nH]n1. The van der Waals surface area contributed by atoms with Gasteiger partial charge in [0.2, 0.25) is 0 Å². The zero-order chi connectivity index (χ0) is 13.3. The molecule has 1 aromatic carbocycles. The Labute approximate surface area is 107 Å². The lowest BCUT2D eigenvalue weighted by Crippen LogP contribution is -1.97. The Balaban J connectivity index is 2.66. The zero-order valence-electron chi connectivity index (χ0n) is 11.5. The first kappa shape index (κ1) is 12.5. The van der Waals surface area contributed by atoms with Crippen molar-refractivity contribution >= 4 is 5.82 Å². The molecule has 0 atom stereocenters. The van der Waals surface area contributed by atoms with E-state index in [0.717, 1.165) is 22.8 Å². The standard InChI is InChI=1S/C14H19N3O/c1-8-6-9(2)13(14(18-5)10(8)3)11-7-12(15-4)17-16-11/h6-7H,1-5H3,(H2,15,16,17). The van der Waals surface area contributed by atoms with E-state index in [-0.39, 0.29) is 0 Å². The number of aryl methyl sites for hydroxylation is 2. The summed E-state index contributed by atoms with van der Waals surface area (Å²) in [5.74, 6) is 1.74. The van der Waals surface area contributed by atoms with Crippen molar-refractivity contribution in [3.8, 4) is 17.0 Å². The summed E-state index contributed by atoms with van der Waals surface area (Å²) in [7, 11) is 3.56. The number of aromatic amines is 1. The molecule has 0 aliphatic carbocycles. The van der Waals surface area contributed by atoms with E-state index < -0.39 is 0 Å². The lowest BCUT2D eigenvalue weighted by atomic mass is 9.97. The minimum Gasteiger partial charge on any atom is -0.496 e. The molecule has 0 spiro atoms. The molecular weight excluding hydrogens is 226 g/mol. The summed E-state index contributed by atoms with van der Waals surface area (Å²) < 4.78 is 5.57. The van der Waals surface area contributed by atoms with Gasteiger partial charge >= 0.3 is 0 Å². The summed E-state index contributed by atoms with van der Waals surface area (Å²) in [5.41, 5.74) is 5.63. The van der Waals surface area contributed by atoms with Crippen LogP contribution in [0, 0.1) is 20.8 Å². The second-order valence-corrected chi connectivity index (χ2v) is 4.46. The van der Waals surface area contributed by atoms with Gasteiger partial charge in [-0.1, -0.05) is 6.07 Å². The molecule has 0 radical (unpaired) electrons. The second-order valence-electron chi connectivity index (χ2n) is 4.46. The van der Waals surface area contributed by atoms with Crippen LogP contribution in [-0.4, -0.2) is 24.4 Å². The third kappa shape index (κ3) is 1.94. The molecule has 2 aromatic rings. The molecule has 2 N–H and O–H groups in total. The van der Waals surface area contributed by atoms with Gasteiger partial charge in [-0.15, -0.1) is 0 Å². The maximum absolute atomic E-state index is 5.57. The van der Waals surface area contributed by atoms with E-state index in [1.165, 1.54) is 16.7 Å². The van der Waals surface area contributed by atoms with E-state index in [9.17, 15) is 0 Å². The number of rotatable bonds is 3. The van der Waals surface area contributed by atoms with Crippen LogP contribution in [0.2, 0.25) is 0 Å². The minimum atomic E-state index is 0.824. The molecule has 96 valence electrons. The monoisotopic (exact) mass is 245 g/mol. The quantitative estimate of drug-likeness (QED) is 0.873. The number of hydrogen-bond acceptors (Lipinski definition) is 3. The maximum atomic E-state index is 5.57. The summed E-state index contributed by atoms with van der Waals surface area (Å²) in [4.78, 5) is 0. The topological polar surface area (TPSA) is 49.9 Å². The maximum Gasteiger partial charge on any atom is 0.148 e. The van der Waals surface area contributed by atoms with Crippen LogP contribution in [-0.2, 0) is 0 Å². The Morgan fingerprint density at radius 3 is 2.44 bits per heavy atom. The molecule has 1 heterocycles. The fourth-order valence-electron chi connectivity index (χ4n) is 2.22. The highest BCUT2D eigenvalue weighted by Crippen LogP contribution is 2.37. The zero-order valence-corrected chi connectivity index (χ0v) is 11.5. The summed E-state index contributed by atoms with van der Waals surface area (Å²) in [5, 5.41) is 10.2. The molecule has 0 bridgehead atoms. The number of benzene rings is 1. The molecule has 0 aliphatic heterocycles. The highest BCUT2D eigenvalue weighted by Gasteiger charge is 2.15. The molecule has 4 nitrogen and oxygen atoms in total. The Morgan fingerprint density at radius 1 is 1.17 bits per heavy atom. The van der Waals surface area contributed by atoms with Gasteiger partial charge in [-0.3, -0.25) is 5.10 Å². The first-order chi connectivity index (χ1) is 8.58. The highest BCUT2D eigenvalue weighted by molar-refractivity contribution is 5.75. The molecule has 2 rings (SSSR count). The van der Waals surface area contributed by atoms with Gasteiger partial charge in [0.25, 0.3) is 0 Å². The lowest BCUT2D eigenvalue weighted by molar-refractivity contribution is 0.412. The Kier molecular flexibility index (Phi) is 3.28. The van der Waals surface area contributed by atoms with E-state index in [0.29, 0.717) is 0 Å². The first-order valence-electron chi connectivity index (χ1n) is 5.96. The van der Waals surface area contributed by atoms with Crippen LogP contribution in [0.5, 0.6) is 5.75 Å². The molecule has 0 saturated heterocycles. The van der Waals surface area contributed by atoms with E-state index in [1.807, 2.05) is 13.1 Å². The van der Waals surface area contributed by atoms with Crippen LogP contribution in [0.15, 0.2) is 12.1 Å². The van der Waals surface area contributed by atoms with E-state index in [2.05, 4.69) is 42.4 Å². The van der Waals surface area contributed by atoms with Gasteiger partial charge < -0.3 is 10.1 Å². The number of nitrogens with one attached hydrogen (secondary N) is 2. The van der Waals surface area contributed by atoms with Gasteiger partial charge in [-0.25, -0.2) is 0 Å². The molecule has 0 saturated carbocycles. The highest BCUT2D eigenvalue weighted by atomic mass is 16.5. The third-order valence-corrected chi connectivity index (χ3v) is 3.29. The van der Waals surface area contributed by atoms with Crippen molar-refractivity contribution in [1.82, 2.24) is 10.2 Å². The van der Waals surface area contributed by atoms with Gasteiger partial charge in [-0.2, -0.15) is 5.10 Å². The van der Waals surface area contributed by atoms with Crippen LogP contribution in [0.3, 0.4) is 0 Å². The number of ether oxygens (including phenoxy) is 1. The Bertz CT molecular complexity index is 573. The van der Waals surface area contributed by atoms with Crippen molar-refractivity contribution in [2.45, 2.75) is 20.8 Å². The van der Waals surface area contributed by atoms with Crippen LogP contribution in [0.1, 0.15) is 16.7 Å². The van der Waals surface area contributed by atoms with Gasteiger partial charge in [0.05, 0.1) is 12.8 Å². The molecule has 0 amide bonds. The van der Waals surface area contributed by atoms with Crippen molar-refractivity contribution in [3.05, 3.63) is 28.8 Å². The predicted octanol–water partition coefficient (Wildman–Crippen LogP) is 3.05. The van der Waals surface area contributed by atoms with Crippen molar-refractivity contribution in [3.63, 3.8) is 0 Å². The number of H-pyrrole nitrogens is 1. The van der Waals surface area contributed by atoms with Gasteiger partial charge in [0.1, 0.15) is 11.6 Å². The molecule has 4 heteroatoms. The fourth-order valence-corrected chi connectivity index (χ4v) is 2.22. The van der Waals surface area contributed by atoms with Crippen LogP contribution in [0.4, 0.5) is 5.82 Å². The van der Waals surface area contributed by atoms with E-state index >= 15 is 0 Å². The van der Waals surface area contributed by atoms with Crippen molar-refractivity contribution in [2.24, 2.45) is 0 Å². The minimum absolute atomic E-state index is 0.824. The van der Waals surface area contributed by atoms with Gasteiger partial charge in [-0.05, 0) is 37.5 Å². The lowest BCUT2D eigenvalue weighted by Gasteiger charge is -2.15. The summed E-state index contributed by atoms with van der Waals surface area (Å²) in [6.07, 6.45) is 0. The summed E-state index contributed by atoms with van der Waals surface area (Å²) >= 11 is 0. The number of methoxy groups -OCH3 is 1. The largest absolute Gasteiger partial charge is 0.496 e. The third-order valence-electron chi connectivity index (χ3n) is 3.29. The van der Waals surface area contributed by atoms with Crippen LogP contribution < -0.4 is 10.1 Å². The number of aromatic nitrogens is 2. The van der Waals surface area contributed by atoms with Crippen molar-refractivity contribution in [1.29, 1.82) is 0 Å². The molecule has 0 unspecified atom stereocenters. The Morgan fingerprint density at radius 2 is 1.89 bits per heavy atom. The predicted molar refractivity (Wildman–Crippen MR) is 74.3 cm³/mol. The van der Waals surface area contributed by atoms with Crippen molar-refractivity contribution in [2.75, 3.05) is 19.5 Å². The van der Waals surface area contributed by atoms with Crippen LogP contribution >= 0.6 is 0 Å². The van der Waals surface area contributed by atoms with Crippen LogP contribution in [0.25, 0.3) is 11.3 Å². The van der Waals surface area contributed by atoms with Gasteiger partial charge in [0, 0.05) is 18.7 Å². The number of nitrogens with zero attached hydrogens (tertiary/aromatic N) is 1. The molecule has 1 aromatic heterocycles. The van der Waals surface area contributed by atoms with Crippen molar-refractivity contribution < 1.29 is 4.74 Å². The molecule has 0 aliphatic rings. The summed E-state index contributed by atoms with van der Waals surface area (Å²) in [6.45, 7) is 6.26. The normalized spacial score (nSPS) is 10.5. The smallest absolute Gasteiger partial charge is 0.148 e. The van der Waals surface area contributed by atoms with E-state index in [4.69, 9.17) is 4.74 Å². The first-order valence-corrected chi connectivity index (χ1v) is 5.96. The fraction of sp³-hybridized carbons (Fsp3) is 0.357. The summed E-state index contributed by atoms with van der Waals surface area (Å²) in [6, 6.07) is 4.16. The Hall–Kier alpha value is -1.97.